The molecule has 0 spiro atoms. The third-order valence-corrected chi connectivity index (χ3v) is 5.46. The fourth-order valence-corrected chi connectivity index (χ4v) is 4.12. The molecule has 28 heavy (non-hydrogen) atoms. The standard InChI is InChI=1S/C23H29N3O2/c1-5-21(27)26-14-15-12-20-18(17-9-8-10-19(26)22(15)17)11-16(13-24(20)4)23(28)25(6-2)7-3/h8-11,14,16,20H,5-7,12-13H2,1-4H3/t16-,20-/m1/s1/i2D3,3D3,6D2,7D2,8D,10D,14D. The zero-order valence-electron chi connectivity index (χ0n) is 28.6. The van der Waals surface area contributed by atoms with Crippen LogP contribution in [0, 0.1) is 5.92 Å². The number of benzene rings is 1. The highest BCUT2D eigenvalue weighted by Crippen LogP contribution is 2.41. The number of likely N-dealkylation sites (N-methyl/N-ethyl adjacent to an activating group) is 1. The summed E-state index contributed by atoms with van der Waals surface area (Å²) in [5.74, 6) is -3.22. The van der Waals surface area contributed by atoms with Crippen molar-refractivity contribution >= 4 is 28.3 Å². The molecule has 5 heteroatoms. The van der Waals surface area contributed by atoms with E-state index in [0.717, 1.165) is 4.57 Å². The van der Waals surface area contributed by atoms with Crippen molar-refractivity contribution < 1.29 is 27.4 Å². The molecule has 0 radical (unpaired) electrons. The van der Waals surface area contributed by atoms with E-state index in [1.807, 2.05) is 0 Å². The maximum atomic E-state index is 13.8. The van der Waals surface area contributed by atoms with Crippen molar-refractivity contribution in [2.45, 2.75) is 39.5 Å². The molecule has 148 valence electrons. The minimum absolute atomic E-state index is 0.0432. The lowest BCUT2D eigenvalue weighted by atomic mass is 9.79. The van der Waals surface area contributed by atoms with Gasteiger partial charge in [-0.1, -0.05) is 25.1 Å². The highest BCUT2D eigenvalue weighted by atomic mass is 16.2. The average Bonchev–Trinajstić information content (AvgIpc) is 3.13. The fraction of sp³-hybridized carbons (Fsp3) is 0.478. The van der Waals surface area contributed by atoms with Gasteiger partial charge in [-0.2, -0.15) is 0 Å². The molecular weight excluding hydrogens is 350 g/mol. The normalized spacial score (nSPS) is 30.1. The number of fused-ring (bicyclic) bond motifs is 2. The van der Waals surface area contributed by atoms with Crippen LogP contribution in [0.4, 0.5) is 0 Å². The Bertz CT molecular complexity index is 1450. The summed E-state index contributed by atoms with van der Waals surface area (Å²) in [6, 6.07) is 0.367. The van der Waals surface area contributed by atoms with Gasteiger partial charge < -0.3 is 4.90 Å². The summed E-state index contributed by atoms with van der Waals surface area (Å²) in [5.41, 5.74) is 1.34. The van der Waals surface area contributed by atoms with E-state index >= 15 is 0 Å². The van der Waals surface area contributed by atoms with Crippen LogP contribution in [0.3, 0.4) is 0 Å². The second-order valence-corrected chi connectivity index (χ2v) is 7.01. The zero-order chi connectivity index (χ0) is 31.2. The van der Waals surface area contributed by atoms with Crippen molar-refractivity contribution in [3.05, 3.63) is 41.5 Å². The Balaban J connectivity index is 1.96. The molecular formula is C23H29N3O2. The Morgan fingerprint density at radius 1 is 1.39 bits per heavy atom. The molecule has 0 saturated carbocycles. The largest absolute Gasteiger partial charge is 0.343 e. The first-order chi connectivity index (χ1) is 18.6. The number of carbonyl (C=O) groups excluding carboxylic acids is 2. The molecule has 1 aromatic heterocycles. The van der Waals surface area contributed by atoms with Crippen LogP contribution in [0.15, 0.2) is 30.4 Å². The average molecular weight is 393 g/mol. The summed E-state index contributed by atoms with van der Waals surface area (Å²) in [5, 5.41) is 0.384. The lowest BCUT2D eigenvalue weighted by Gasteiger charge is -2.40. The second kappa shape index (κ2) is 7.21. The molecule has 0 fully saturated rings. The van der Waals surface area contributed by atoms with Crippen LogP contribution in [-0.2, 0) is 11.2 Å². The van der Waals surface area contributed by atoms with Crippen molar-refractivity contribution in [1.82, 2.24) is 14.4 Å². The number of amides is 1. The van der Waals surface area contributed by atoms with Gasteiger partial charge in [-0.25, -0.2) is 0 Å². The van der Waals surface area contributed by atoms with E-state index in [1.165, 1.54) is 12.1 Å². The Morgan fingerprint density at radius 3 is 2.89 bits per heavy atom. The molecule has 1 aliphatic heterocycles. The van der Waals surface area contributed by atoms with E-state index in [2.05, 4.69) is 0 Å². The molecule has 1 aromatic carbocycles. The van der Waals surface area contributed by atoms with Crippen molar-refractivity contribution in [3.63, 3.8) is 0 Å². The van der Waals surface area contributed by atoms with Crippen LogP contribution in [0.25, 0.3) is 16.5 Å². The van der Waals surface area contributed by atoms with Gasteiger partial charge in [0.2, 0.25) is 11.8 Å². The highest BCUT2D eigenvalue weighted by Gasteiger charge is 2.37. The quantitative estimate of drug-likeness (QED) is 0.801. The van der Waals surface area contributed by atoms with E-state index in [9.17, 15) is 9.59 Å². The molecule has 2 heterocycles. The Hall–Kier alpha value is -2.40. The van der Waals surface area contributed by atoms with Crippen molar-refractivity contribution in [1.29, 1.82) is 0 Å². The van der Waals surface area contributed by atoms with Gasteiger partial charge in [-0.15, -0.1) is 0 Å². The molecule has 0 bridgehead atoms. The first-order valence-electron chi connectivity index (χ1n) is 15.5. The predicted molar refractivity (Wildman–Crippen MR) is 112 cm³/mol. The van der Waals surface area contributed by atoms with E-state index in [4.69, 9.17) is 17.8 Å². The Labute approximate surface area is 184 Å². The molecule has 5 nitrogen and oxygen atoms in total. The molecule has 2 aliphatic rings. The van der Waals surface area contributed by atoms with Gasteiger partial charge in [0.25, 0.3) is 0 Å². The number of rotatable bonds is 4. The number of hydrogen-bond acceptors (Lipinski definition) is 3. The van der Waals surface area contributed by atoms with Gasteiger partial charge in [0.15, 0.2) is 0 Å². The van der Waals surface area contributed by atoms with Crippen LogP contribution in [0.5, 0.6) is 0 Å². The van der Waals surface area contributed by atoms with Crippen LogP contribution in [0.2, 0.25) is 0 Å². The fourth-order valence-electron chi connectivity index (χ4n) is 4.12. The van der Waals surface area contributed by atoms with E-state index in [1.54, 1.807) is 18.9 Å². The Kier molecular flexibility index (Phi) is 2.30. The molecule has 0 saturated heterocycles. The summed E-state index contributed by atoms with van der Waals surface area (Å²) in [7, 11) is 1.61. The Morgan fingerprint density at radius 2 is 2.18 bits per heavy atom. The van der Waals surface area contributed by atoms with E-state index in [-0.39, 0.29) is 48.1 Å². The summed E-state index contributed by atoms with van der Waals surface area (Å²) in [4.78, 5) is 27.9. The summed E-state index contributed by atoms with van der Waals surface area (Å²) in [6.07, 6.45) is 1.51. The molecule has 2 aromatic rings. The highest BCUT2D eigenvalue weighted by molar-refractivity contribution is 6.03. The summed E-state index contributed by atoms with van der Waals surface area (Å²) < 4.78 is 105. The first kappa shape index (κ1) is 8.95. The molecule has 1 amide bonds. The molecule has 2 atom stereocenters. The van der Waals surface area contributed by atoms with Gasteiger partial charge in [0, 0.05) is 57.3 Å². The summed E-state index contributed by atoms with van der Waals surface area (Å²) in [6.45, 7) is -13.1. The predicted octanol–water partition coefficient (Wildman–Crippen LogP) is 3.43. The molecule has 0 unspecified atom stereocenters. The monoisotopic (exact) mass is 392 g/mol. The third kappa shape index (κ3) is 2.80. The number of nitrogens with zero attached hydrogens (tertiary/aromatic N) is 3. The number of aromatic nitrogens is 1. The second-order valence-electron chi connectivity index (χ2n) is 7.01. The van der Waals surface area contributed by atoms with E-state index in [0.29, 0.717) is 22.1 Å². The zero-order valence-corrected chi connectivity index (χ0v) is 15.6. The van der Waals surface area contributed by atoms with Crippen LogP contribution < -0.4 is 0 Å². The smallest absolute Gasteiger partial charge is 0.230 e. The SMILES string of the molecule is [2H]c1cc2c3c(c([2H])n(C(=O)CC)c3c1[2H])C[C@@H]1C2=C[C@@H](C(=O)N(C([2H])([2H])C([2H])([2H])[2H])C([2H])([2H])C([2H])([2H])[2H])CN1C. The third-order valence-electron chi connectivity index (χ3n) is 5.46. The van der Waals surface area contributed by atoms with Crippen LogP contribution in [-0.4, -0.2) is 58.8 Å². The molecule has 0 N–H and O–H groups in total. The summed E-state index contributed by atoms with van der Waals surface area (Å²) >= 11 is 0. The van der Waals surface area contributed by atoms with Crippen molar-refractivity contribution in [3.8, 4) is 0 Å². The maximum absolute atomic E-state index is 13.8. The van der Waals surface area contributed by atoms with Gasteiger partial charge in [0.05, 0.1) is 15.5 Å². The lowest BCUT2D eigenvalue weighted by Crippen LogP contribution is -2.47. The molecule has 4 rings (SSSR count). The number of carbonyl (C=O) groups is 2. The van der Waals surface area contributed by atoms with E-state index < -0.39 is 50.5 Å². The van der Waals surface area contributed by atoms with Crippen molar-refractivity contribution in [2.75, 3.05) is 26.6 Å². The molecule has 1 aliphatic carbocycles. The minimum atomic E-state index is -3.69. The van der Waals surface area contributed by atoms with Gasteiger partial charge in [-0.3, -0.25) is 19.1 Å². The van der Waals surface area contributed by atoms with Gasteiger partial charge in [-0.05, 0) is 49.9 Å². The first-order valence-corrected chi connectivity index (χ1v) is 9.03. The van der Waals surface area contributed by atoms with Gasteiger partial charge >= 0.3 is 0 Å². The van der Waals surface area contributed by atoms with Gasteiger partial charge in [0.1, 0.15) is 0 Å². The van der Waals surface area contributed by atoms with Crippen LogP contribution in [0.1, 0.15) is 60.8 Å². The van der Waals surface area contributed by atoms with Crippen molar-refractivity contribution in [2.24, 2.45) is 5.92 Å². The lowest BCUT2D eigenvalue weighted by molar-refractivity contribution is -0.134. The number of hydrogen-bond donors (Lipinski definition) is 0. The van der Waals surface area contributed by atoms with Crippen LogP contribution >= 0.6 is 0 Å². The maximum Gasteiger partial charge on any atom is 0.230 e. The minimum Gasteiger partial charge on any atom is -0.343 e. The topological polar surface area (TPSA) is 45.6 Å².